The first-order valence-electron chi connectivity index (χ1n) is 7.89. The number of anilines is 1. The zero-order valence-corrected chi connectivity index (χ0v) is 15.7. The minimum Gasteiger partial charge on any atom is -0.478 e. The highest BCUT2D eigenvalue weighted by molar-refractivity contribution is 7.92. The van der Waals surface area contributed by atoms with Crippen LogP contribution in [0.25, 0.3) is 0 Å². The van der Waals surface area contributed by atoms with Crippen LogP contribution in [0.2, 0.25) is 5.02 Å². The molecule has 0 amide bonds. The third kappa shape index (κ3) is 3.47. The van der Waals surface area contributed by atoms with Gasteiger partial charge in [0.2, 0.25) is 0 Å². The van der Waals surface area contributed by atoms with Gasteiger partial charge in [-0.3, -0.25) is 4.31 Å². The molecular weight excluding hydrogens is 380 g/mol. The van der Waals surface area contributed by atoms with Crippen LogP contribution in [0.1, 0.15) is 12.5 Å². The molecule has 0 radical (unpaired) electrons. The summed E-state index contributed by atoms with van der Waals surface area (Å²) in [5.74, 6) is 0.264. The van der Waals surface area contributed by atoms with E-state index in [2.05, 4.69) is 4.98 Å². The van der Waals surface area contributed by atoms with Crippen molar-refractivity contribution >= 4 is 33.4 Å². The molecule has 1 aliphatic rings. The number of fused-ring (bicyclic) bond motifs is 1. The van der Waals surface area contributed by atoms with Crippen molar-refractivity contribution in [3.05, 3.63) is 47.1 Å². The Balaban J connectivity index is 1.86. The Morgan fingerprint density at radius 1 is 1.38 bits per heavy atom. The molecule has 0 saturated carbocycles. The number of pyridine rings is 1. The third-order valence-corrected chi connectivity index (χ3v) is 5.93. The lowest BCUT2D eigenvalue weighted by molar-refractivity contribution is -0.150. The predicted octanol–water partition coefficient (Wildman–Crippen LogP) is 2.43. The van der Waals surface area contributed by atoms with Gasteiger partial charge in [-0.2, -0.15) is 0 Å². The van der Waals surface area contributed by atoms with Crippen molar-refractivity contribution in [3.63, 3.8) is 0 Å². The monoisotopic (exact) mass is 396 g/mol. The smallest absolute Gasteiger partial charge is 0.347 e. The fourth-order valence-corrected chi connectivity index (χ4v) is 3.90. The molecule has 0 fully saturated rings. The molecular formula is C17H17ClN2O5S. The number of sulfonamides is 1. The summed E-state index contributed by atoms with van der Waals surface area (Å²) in [6.45, 7) is 1.97. The molecule has 0 N–H and O–H groups in total. The molecule has 1 aromatic heterocycles. The number of ether oxygens (including phenoxy) is 2. The molecule has 0 saturated heterocycles. The van der Waals surface area contributed by atoms with E-state index in [9.17, 15) is 13.2 Å². The predicted molar refractivity (Wildman–Crippen MR) is 96.0 cm³/mol. The average molecular weight is 397 g/mol. The summed E-state index contributed by atoms with van der Waals surface area (Å²) in [5, 5.41) is 0.416. The van der Waals surface area contributed by atoms with Gasteiger partial charge < -0.3 is 9.47 Å². The van der Waals surface area contributed by atoms with Crippen LogP contribution in [-0.2, 0) is 26.0 Å². The van der Waals surface area contributed by atoms with Gasteiger partial charge in [-0.05, 0) is 42.8 Å². The van der Waals surface area contributed by atoms with Crippen LogP contribution < -0.4 is 9.04 Å². The fraction of sp³-hybridized carbons (Fsp3) is 0.294. The quantitative estimate of drug-likeness (QED) is 0.721. The van der Waals surface area contributed by atoms with Gasteiger partial charge >= 0.3 is 5.97 Å². The number of carbonyl (C=O) groups excluding carboxylic acids is 1. The molecule has 0 aliphatic carbocycles. The van der Waals surface area contributed by atoms with E-state index in [0.29, 0.717) is 16.3 Å². The number of hydrogen-bond donors (Lipinski definition) is 0. The maximum absolute atomic E-state index is 12.9. The van der Waals surface area contributed by atoms with E-state index in [4.69, 9.17) is 21.1 Å². The molecule has 2 heterocycles. The maximum atomic E-state index is 12.9. The second-order valence-corrected chi connectivity index (χ2v) is 8.05. The first-order valence-corrected chi connectivity index (χ1v) is 9.71. The summed E-state index contributed by atoms with van der Waals surface area (Å²) in [5.41, 5.74) is 0.640. The molecule has 1 aliphatic heterocycles. The van der Waals surface area contributed by atoms with E-state index in [1.165, 1.54) is 31.4 Å². The SMILES string of the molecule is CCOC(=O)C1Cc2cc(S(=O)(=O)N(C)c3ccc(Cl)cn3)ccc2O1. The maximum Gasteiger partial charge on any atom is 0.347 e. The fourth-order valence-electron chi connectivity index (χ4n) is 2.59. The van der Waals surface area contributed by atoms with Crippen molar-refractivity contribution < 1.29 is 22.7 Å². The number of benzene rings is 1. The van der Waals surface area contributed by atoms with Crippen molar-refractivity contribution in [1.29, 1.82) is 0 Å². The summed E-state index contributed by atoms with van der Waals surface area (Å²) >= 11 is 5.79. The molecule has 1 unspecified atom stereocenters. The van der Waals surface area contributed by atoms with Gasteiger partial charge in [0.1, 0.15) is 11.6 Å². The summed E-state index contributed by atoms with van der Waals surface area (Å²) in [6, 6.07) is 7.58. The first-order chi connectivity index (χ1) is 12.3. The Morgan fingerprint density at radius 2 is 2.15 bits per heavy atom. The summed E-state index contributed by atoms with van der Waals surface area (Å²) in [7, 11) is -2.40. The number of rotatable bonds is 5. The van der Waals surface area contributed by atoms with E-state index >= 15 is 0 Å². The van der Waals surface area contributed by atoms with E-state index < -0.39 is 22.1 Å². The standard InChI is InChI=1S/C17H17ClN2O5S/c1-3-24-17(21)15-9-11-8-13(5-6-14(11)25-15)26(22,23)20(2)16-7-4-12(18)10-19-16/h4-8,10,15H,3,9H2,1-2H3. The Hall–Kier alpha value is -2.32. The lowest BCUT2D eigenvalue weighted by Crippen LogP contribution is -2.27. The van der Waals surface area contributed by atoms with Crippen molar-refractivity contribution in [1.82, 2.24) is 4.98 Å². The molecule has 9 heteroatoms. The number of hydrogen-bond acceptors (Lipinski definition) is 6. The molecule has 7 nitrogen and oxygen atoms in total. The van der Waals surface area contributed by atoms with Crippen LogP contribution in [0.3, 0.4) is 0 Å². The van der Waals surface area contributed by atoms with Gasteiger partial charge in [0.15, 0.2) is 6.10 Å². The van der Waals surface area contributed by atoms with Crippen LogP contribution in [0.5, 0.6) is 5.75 Å². The zero-order chi connectivity index (χ0) is 18.9. The molecule has 3 rings (SSSR count). The van der Waals surface area contributed by atoms with Crippen molar-refractivity contribution in [2.75, 3.05) is 18.0 Å². The van der Waals surface area contributed by atoms with E-state index in [1.54, 1.807) is 19.1 Å². The van der Waals surface area contributed by atoms with Gasteiger partial charge in [-0.1, -0.05) is 11.6 Å². The van der Waals surface area contributed by atoms with Crippen LogP contribution in [-0.4, -0.2) is 39.1 Å². The highest BCUT2D eigenvalue weighted by Crippen LogP contribution is 2.32. The molecule has 1 atom stereocenters. The summed E-state index contributed by atoms with van der Waals surface area (Å²) in [4.78, 5) is 15.9. The zero-order valence-electron chi connectivity index (χ0n) is 14.2. The number of halogens is 1. The molecule has 138 valence electrons. The summed E-state index contributed by atoms with van der Waals surface area (Å²) < 4.78 is 37.3. The second-order valence-electron chi connectivity index (χ2n) is 5.64. The van der Waals surface area contributed by atoms with Crippen LogP contribution in [0.15, 0.2) is 41.4 Å². The Bertz CT molecular complexity index is 931. The molecule has 26 heavy (non-hydrogen) atoms. The van der Waals surface area contributed by atoms with E-state index in [0.717, 1.165) is 4.31 Å². The van der Waals surface area contributed by atoms with E-state index in [1.807, 2.05) is 0 Å². The molecule has 0 spiro atoms. The number of aromatic nitrogens is 1. The first kappa shape index (κ1) is 18.5. The largest absolute Gasteiger partial charge is 0.478 e. The van der Waals surface area contributed by atoms with Gasteiger partial charge in [0.25, 0.3) is 10.0 Å². The van der Waals surface area contributed by atoms with Gasteiger partial charge in [0.05, 0.1) is 16.5 Å². The highest BCUT2D eigenvalue weighted by atomic mass is 35.5. The van der Waals surface area contributed by atoms with Crippen molar-refractivity contribution in [2.45, 2.75) is 24.3 Å². The Morgan fingerprint density at radius 3 is 2.81 bits per heavy atom. The van der Waals surface area contributed by atoms with Gasteiger partial charge in [-0.15, -0.1) is 0 Å². The van der Waals surface area contributed by atoms with Crippen LogP contribution in [0.4, 0.5) is 5.82 Å². The van der Waals surface area contributed by atoms with Crippen LogP contribution in [0, 0.1) is 0 Å². The van der Waals surface area contributed by atoms with E-state index in [-0.39, 0.29) is 23.7 Å². The Kier molecular flexibility index (Phi) is 5.06. The van der Waals surface area contributed by atoms with Gasteiger partial charge in [-0.25, -0.2) is 18.2 Å². The minimum absolute atomic E-state index is 0.0867. The second kappa shape index (κ2) is 7.13. The van der Waals surface area contributed by atoms with Crippen molar-refractivity contribution in [2.24, 2.45) is 0 Å². The molecule has 2 aromatic rings. The van der Waals surface area contributed by atoms with Crippen molar-refractivity contribution in [3.8, 4) is 5.75 Å². The third-order valence-electron chi connectivity index (χ3n) is 3.95. The lowest BCUT2D eigenvalue weighted by atomic mass is 10.1. The molecule has 1 aromatic carbocycles. The highest BCUT2D eigenvalue weighted by Gasteiger charge is 2.32. The number of nitrogens with zero attached hydrogens (tertiary/aromatic N) is 2. The minimum atomic E-state index is -3.82. The Labute approximate surface area is 156 Å². The number of esters is 1. The topological polar surface area (TPSA) is 85.8 Å². The lowest BCUT2D eigenvalue weighted by Gasteiger charge is -2.18. The van der Waals surface area contributed by atoms with Crippen LogP contribution >= 0.6 is 11.6 Å². The molecule has 0 bridgehead atoms. The summed E-state index contributed by atoms with van der Waals surface area (Å²) in [6.07, 6.45) is 0.891. The average Bonchev–Trinajstić information content (AvgIpc) is 3.05. The number of carbonyl (C=O) groups is 1. The van der Waals surface area contributed by atoms with Gasteiger partial charge in [0, 0.05) is 19.7 Å². The normalized spacial score (nSPS) is 15.9.